The lowest BCUT2D eigenvalue weighted by Gasteiger charge is -2.41. The average Bonchev–Trinajstić information content (AvgIpc) is 3.24. The standard InChI is InChI=1S/C48H89NO12S/c1-3-5-7-9-11-13-15-17-19-20-21-22-23-25-27-29-31-33-35-37-42(52)47(55)49-40(39-59-48-45(54)46(61-62(56,57)58)44(53)43(38-50)60-48)41(51)36-34-32-30-28-26-24-18-16-14-12-10-8-6-4-2/h14,16,26,28,34,36,40-46,48,50-54H,3-13,15,17-25,27,29-33,35,37-39H2,1-2H3,(H,49,55)(H,56,57,58)/b16-14+,28-26+,36-34+. The highest BCUT2D eigenvalue weighted by Gasteiger charge is 2.48. The maximum absolute atomic E-state index is 13.1. The Morgan fingerprint density at radius 3 is 1.55 bits per heavy atom. The SMILES string of the molecule is CCCCCC/C=C/CC/C=C/CC/C=C/C(O)C(COC1OC(CO)C(O)C(OS(=O)(=O)O)C1O)NC(=O)C(O)CCCCCCCCCCCCCCCCCCCCC. The number of rotatable bonds is 41. The summed E-state index contributed by atoms with van der Waals surface area (Å²) in [4.78, 5) is 13.1. The van der Waals surface area contributed by atoms with E-state index in [0.717, 1.165) is 44.9 Å². The molecule has 1 saturated heterocycles. The quantitative estimate of drug-likeness (QED) is 0.0174. The molecule has 14 heteroatoms. The molecule has 0 spiro atoms. The summed E-state index contributed by atoms with van der Waals surface area (Å²) in [6, 6.07) is -1.14. The van der Waals surface area contributed by atoms with Crippen LogP contribution in [0.15, 0.2) is 36.5 Å². The van der Waals surface area contributed by atoms with Crippen molar-refractivity contribution < 1.29 is 57.0 Å². The van der Waals surface area contributed by atoms with Gasteiger partial charge >= 0.3 is 10.4 Å². The highest BCUT2D eigenvalue weighted by atomic mass is 32.3. The molecule has 0 saturated carbocycles. The fourth-order valence-electron chi connectivity index (χ4n) is 7.61. The summed E-state index contributed by atoms with van der Waals surface area (Å²) in [5, 5.41) is 55.2. The summed E-state index contributed by atoms with van der Waals surface area (Å²) in [6.45, 7) is 3.18. The van der Waals surface area contributed by atoms with E-state index in [9.17, 15) is 43.3 Å². The Balaban J connectivity index is 2.55. The molecule has 364 valence electrons. The molecule has 0 aliphatic carbocycles. The Labute approximate surface area is 376 Å². The van der Waals surface area contributed by atoms with Gasteiger partial charge in [-0.2, -0.15) is 8.42 Å². The summed E-state index contributed by atoms with van der Waals surface area (Å²) in [5.74, 6) is -0.715. The number of unbranched alkanes of at least 4 members (excludes halogenated alkanes) is 24. The molecule has 0 radical (unpaired) electrons. The molecule has 1 fully saturated rings. The molecule has 1 amide bonds. The highest BCUT2D eigenvalue weighted by Crippen LogP contribution is 2.26. The third-order valence-electron chi connectivity index (χ3n) is 11.5. The van der Waals surface area contributed by atoms with E-state index >= 15 is 0 Å². The minimum absolute atomic E-state index is 0.237. The Morgan fingerprint density at radius 2 is 1.08 bits per heavy atom. The molecule has 7 N–H and O–H groups in total. The maximum atomic E-state index is 13.1. The maximum Gasteiger partial charge on any atom is 0.397 e. The van der Waals surface area contributed by atoms with E-state index in [1.54, 1.807) is 6.08 Å². The monoisotopic (exact) mass is 904 g/mol. The van der Waals surface area contributed by atoms with Gasteiger partial charge in [0.2, 0.25) is 5.91 Å². The summed E-state index contributed by atoms with van der Waals surface area (Å²) in [6.07, 6.45) is 33.7. The van der Waals surface area contributed by atoms with Gasteiger partial charge in [0.1, 0.15) is 30.5 Å². The van der Waals surface area contributed by atoms with Crippen LogP contribution in [0.5, 0.6) is 0 Å². The van der Waals surface area contributed by atoms with Crippen LogP contribution in [0.4, 0.5) is 0 Å². The minimum Gasteiger partial charge on any atom is -0.394 e. The van der Waals surface area contributed by atoms with E-state index < -0.39 is 78.5 Å². The van der Waals surface area contributed by atoms with Crippen LogP contribution in [0.2, 0.25) is 0 Å². The number of amides is 1. The van der Waals surface area contributed by atoms with Gasteiger partial charge in [0.15, 0.2) is 6.29 Å². The predicted molar refractivity (Wildman–Crippen MR) is 247 cm³/mol. The van der Waals surface area contributed by atoms with Crippen molar-refractivity contribution in [3.8, 4) is 0 Å². The van der Waals surface area contributed by atoms with Crippen molar-refractivity contribution in [2.45, 2.75) is 249 Å². The van der Waals surface area contributed by atoms with E-state index in [1.807, 2.05) is 0 Å². The van der Waals surface area contributed by atoms with Gasteiger partial charge in [0.25, 0.3) is 0 Å². The van der Waals surface area contributed by atoms with Crippen LogP contribution in [0.3, 0.4) is 0 Å². The number of carbonyl (C=O) groups excluding carboxylic acids is 1. The molecule has 62 heavy (non-hydrogen) atoms. The van der Waals surface area contributed by atoms with Gasteiger partial charge in [-0.1, -0.05) is 192 Å². The normalized spacial score (nSPS) is 21.3. The zero-order chi connectivity index (χ0) is 45.7. The molecule has 1 aliphatic heterocycles. The van der Waals surface area contributed by atoms with Gasteiger partial charge in [0.05, 0.1) is 25.4 Å². The van der Waals surface area contributed by atoms with Crippen LogP contribution in [0, 0.1) is 0 Å². The van der Waals surface area contributed by atoms with Crippen molar-refractivity contribution in [3.05, 3.63) is 36.5 Å². The molecule has 1 aliphatic rings. The van der Waals surface area contributed by atoms with Crippen LogP contribution in [0.1, 0.15) is 200 Å². The fraction of sp³-hybridized carbons (Fsp3) is 0.854. The highest BCUT2D eigenvalue weighted by molar-refractivity contribution is 7.80. The van der Waals surface area contributed by atoms with E-state index in [0.29, 0.717) is 12.8 Å². The number of aliphatic hydroxyl groups excluding tert-OH is 5. The smallest absolute Gasteiger partial charge is 0.394 e. The van der Waals surface area contributed by atoms with Gasteiger partial charge in [-0.05, 0) is 44.9 Å². The Bertz CT molecular complexity index is 1260. The Kier molecular flexibility index (Phi) is 36.2. The second-order valence-electron chi connectivity index (χ2n) is 17.2. The summed E-state index contributed by atoms with van der Waals surface area (Å²) < 4.78 is 47.5. The number of hydrogen-bond acceptors (Lipinski definition) is 11. The van der Waals surface area contributed by atoms with Crippen molar-refractivity contribution in [2.24, 2.45) is 0 Å². The molecule has 0 aromatic heterocycles. The lowest BCUT2D eigenvalue weighted by molar-refractivity contribution is -0.298. The van der Waals surface area contributed by atoms with Crippen LogP contribution in [0.25, 0.3) is 0 Å². The molecular formula is C48H89NO12S. The van der Waals surface area contributed by atoms with Crippen LogP contribution in [-0.4, -0.2) is 107 Å². The molecule has 13 nitrogen and oxygen atoms in total. The van der Waals surface area contributed by atoms with Crippen molar-refractivity contribution >= 4 is 16.3 Å². The number of carbonyl (C=O) groups is 1. The third kappa shape index (κ3) is 30.4. The van der Waals surface area contributed by atoms with E-state index in [4.69, 9.17) is 9.47 Å². The first kappa shape index (κ1) is 58.3. The number of nitrogens with one attached hydrogen (secondary N) is 1. The summed E-state index contributed by atoms with van der Waals surface area (Å²) >= 11 is 0. The van der Waals surface area contributed by atoms with Gasteiger partial charge in [-0.15, -0.1) is 0 Å². The zero-order valence-corrected chi connectivity index (χ0v) is 39.4. The van der Waals surface area contributed by atoms with E-state index in [1.165, 1.54) is 128 Å². The molecule has 0 aromatic carbocycles. The lowest BCUT2D eigenvalue weighted by atomic mass is 9.99. The molecule has 0 bridgehead atoms. The topological polar surface area (TPSA) is 212 Å². The number of aliphatic hydroxyl groups is 5. The largest absolute Gasteiger partial charge is 0.397 e. The summed E-state index contributed by atoms with van der Waals surface area (Å²) in [7, 11) is -5.12. The lowest BCUT2D eigenvalue weighted by Crippen LogP contribution is -2.61. The second-order valence-corrected chi connectivity index (χ2v) is 18.2. The van der Waals surface area contributed by atoms with Crippen molar-refractivity contribution in [1.82, 2.24) is 5.32 Å². The van der Waals surface area contributed by atoms with Crippen LogP contribution < -0.4 is 5.32 Å². The first-order valence-corrected chi connectivity index (χ1v) is 25.8. The fourth-order valence-corrected chi connectivity index (χ4v) is 8.12. The third-order valence-corrected chi connectivity index (χ3v) is 12.0. The number of ether oxygens (including phenoxy) is 2. The molecule has 8 atom stereocenters. The zero-order valence-electron chi connectivity index (χ0n) is 38.5. The van der Waals surface area contributed by atoms with Crippen molar-refractivity contribution in [3.63, 3.8) is 0 Å². The number of allylic oxidation sites excluding steroid dienone is 5. The first-order valence-electron chi connectivity index (χ1n) is 24.5. The second kappa shape index (κ2) is 38.5. The van der Waals surface area contributed by atoms with Gasteiger partial charge in [-0.3, -0.25) is 9.35 Å². The molecule has 1 rings (SSSR count). The summed E-state index contributed by atoms with van der Waals surface area (Å²) in [5.41, 5.74) is 0. The van der Waals surface area contributed by atoms with Crippen molar-refractivity contribution in [2.75, 3.05) is 13.2 Å². The van der Waals surface area contributed by atoms with Crippen LogP contribution in [-0.2, 0) is 28.9 Å². The van der Waals surface area contributed by atoms with Gasteiger partial charge in [-0.25, -0.2) is 4.18 Å². The minimum atomic E-state index is -5.12. The van der Waals surface area contributed by atoms with Gasteiger partial charge < -0.3 is 40.3 Å². The first-order chi connectivity index (χ1) is 29.9. The van der Waals surface area contributed by atoms with E-state index in [-0.39, 0.29) is 6.42 Å². The Hall–Kier alpha value is -1.72. The predicted octanol–water partition coefficient (Wildman–Crippen LogP) is 8.86. The average molecular weight is 904 g/mol. The molecule has 8 unspecified atom stereocenters. The molecule has 1 heterocycles. The van der Waals surface area contributed by atoms with Crippen LogP contribution >= 0.6 is 0 Å². The number of hydrogen-bond donors (Lipinski definition) is 7. The van der Waals surface area contributed by atoms with E-state index in [2.05, 4.69) is 47.7 Å². The molecule has 0 aromatic rings. The van der Waals surface area contributed by atoms with Gasteiger partial charge in [0, 0.05) is 0 Å². The Morgan fingerprint density at radius 1 is 0.645 bits per heavy atom. The van der Waals surface area contributed by atoms with Crippen molar-refractivity contribution in [1.29, 1.82) is 0 Å². The molecular weight excluding hydrogens is 815 g/mol.